The minimum absolute atomic E-state index is 0.0311. The van der Waals surface area contributed by atoms with E-state index in [9.17, 15) is 4.79 Å². The number of methoxy groups -OCH3 is 2. The van der Waals surface area contributed by atoms with Crippen LogP contribution in [0.5, 0.6) is 23.0 Å². The van der Waals surface area contributed by atoms with Gasteiger partial charge in [-0.05, 0) is 6.07 Å². The quantitative estimate of drug-likeness (QED) is 0.738. The van der Waals surface area contributed by atoms with Crippen molar-refractivity contribution in [3.05, 3.63) is 42.2 Å². The van der Waals surface area contributed by atoms with Crippen LogP contribution in [0.3, 0.4) is 0 Å². The van der Waals surface area contributed by atoms with E-state index < -0.39 is 5.91 Å². The van der Waals surface area contributed by atoms with Gasteiger partial charge in [-0.3, -0.25) is 4.79 Å². The van der Waals surface area contributed by atoms with Crippen molar-refractivity contribution in [1.29, 1.82) is 0 Å². The van der Waals surface area contributed by atoms with Gasteiger partial charge >= 0.3 is 0 Å². The van der Waals surface area contributed by atoms with Crippen molar-refractivity contribution in [1.82, 2.24) is 5.16 Å². The molecule has 3 aromatic rings. The van der Waals surface area contributed by atoms with Crippen LogP contribution < -0.4 is 24.7 Å². The van der Waals surface area contributed by atoms with Gasteiger partial charge in [0.25, 0.3) is 5.91 Å². The number of hydrogen-bond donors (Lipinski definition) is 1. The second kappa shape index (κ2) is 6.56. The molecular weight excluding hydrogens is 352 g/mol. The predicted molar refractivity (Wildman–Crippen MR) is 95.1 cm³/mol. The highest BCUT2D eigenvalue weighted by Gasteiger charge is 2.32. The molecule has 0 aliphatic carbocycles. The molecule has 1 amide bonds. The van der Waals surface area contributed by atoms with Gasteiger partial charge in [0.15, 0.2) is 11.5 Å². The topological polar surface area (TPSA) is 106 Å². The van der Waals surface area contributed by atoms with E-state index >= 15 is 0 Å². The Kier molecular flexibility index (Phi) is 4.08. The first-order chi connectivity index (χ1) is 13.2. The number of benzene rings is 2. The molecule has 8 heteroatoms. The van der Waals surface area contributed by atoms with Crippen molar-refractivity contribution in [3.63, 3.8) is 0 Å². The summed E-state index contributed by atoms with van der Waals surface area (Å²) in [7, 11) is 3.00. The molecule has 8 nitrogen and oxygen atoms in total. The third-order valence-electron chi connectivity index (χ3n) is 4.22. The monoisotopic (exact) mass is 368 g/mol. The van der Waals surface area contributed by atoms with Crippen LogP contribution in [0.4, 0.5) is 0 Å². The fourth-order valence-corrected chi connectivity index (χ4v) is 3.06. The molecule has 1 aliphatic heterocycles. The van der Waals surface area contributed by atoms with E-state index in [0.29, 0.717) is 39.8 Å². The van der Waals surface area contributed by atoms with Gasteiger partial charge in [-0.15, -0.1) is 0 Å². The number of primary amides is 1. The van der Waals surface area contributed by atoms with Gasteiger partial charge in [0.2, 0.25) is 24.1 Å². The number of aromatic nitrogens is 1. The Bertz CT molecular complexity index is 1010. The first-order valence-electron chi connectivity index (χ1n) is 8.05. The number of nitrogens with zero attached hydrogens (tertiary/aromatic N) is 1. The first-order valence-corrected chi connectivity index (χ1v) is 8.05. The highest BCUT2D eigenvalue weighted by Crippen LogP contribution is 2.54. The second-order valence-corrected chi connectivity index (χ2v) is 5.69. The lowest BCUT2D eigenvalue weighted by molar-refractivity contribution is 0.0966. The lowest BCUT2D eigenvalue weighted by atomic mass is 9.97. The molecule has 1 aromatic heterocycles. The minimum Gasteiger partial charge on any atom is -0.493 e. The number of rotatable bonds is 5. The molecule has 2 heterocycles. The Morgan fingerprint density at radius 1 is 1.11 bits per heavy atom. The third-order valence-corrected chi connectivity index (χ3v) is 4.22. The number of carbonyl (C=O) groups excluding carboxylic acids is 1. The standard InChI is InChI=1S/C19H16N2O6/c1-23-12-8-11(15(24-2)18-16(12)25-9-26-18)13-14(10-6-4-3-5-7-10)21-27-17(13)19(20)22/h3-8H,9H2,1-2H3,(H2,20,22). The number of ether oxygens (including phenoxy) is 4. The number of hydrogen-bond acceptors (Lipinski definition) is 7. The van der Waals surface area contributed by atoms with Gasteiger partial charge in [-0.25, -0.2) is 0 Å². The summed E-state index contributed by atoms with van der Waals surface area (Å²) in [5, 5.41) is 4.06. The Morgan fingerprint density at radius 3 is 2.52 bits per heavy atom. The molecule has 138 valence electrons. The van der Waals surface area contributed by atoms with Gasteiger partial charge in [0.05, 0.1) is 19.8 Å². The third kappa shape index (κ3) is 2.62. The van der Waals surface area contributed by atoms with E-state index in [4.69, 9.17) is 29.2 Å². The van der Waals surface area contributed by atoms with Gasteiger partial charge < -0.3 is 29.2 Å². The zero-order valence-corrected chi connectivity index (χ0v) is 14.6. The molecule has 1 aliphatic rings. The summed E-state index contributed by atoms with van der Waals surface area (Å²) in [4.78, 5) is 12.0. The minimum atomic E-state index is -0.752. The number of fused-ring (bicyclic) bond motifs is 1. The molecule has 27 heavy (non-hydrogen) atoms. The fourth-order valence-electron chi connectivity index (χ4n) is 3.06. The van der Waals surface area contributed by atoms with Gasteiger partial charge in [-0.2, -0.15) is 0 Å². The summed E-state index contributed by atoms with van der Waals surface area (Å²) >= 11 is 0. The van der Waals surface area contributed by atoms with Crippen LogP contribution in [0.2, 0.25) is 0 Å². The number of nitrogens with two attached hydrogens (primary N) is 1. The molecule has 4 rings (SSSR count). The van der Waals surface area contributed by atoms with E-state index in [1.54, 1.807) is 6.07 Å². The SMILES string of the molecule is COc1cc(-c2c(-c3ccccc3)noc2C(N)=O)c(OC)c2c1OCO2. The Hall–Kier alpha value is -3.68. The van der Waals surface area contributed by atoms with Crippen LogP contribution in [0.15, 0.2) is 40.9 Å². The van der Waals surface area contributed by atoms with Crippen LogP contribution in [0.25, 0.3) is 22.4 Å². The van der Waals surface area contributed by atoms with E-state index in [0.717, 1.165) is 5.56 Å². The van der Waals surface area contributed by atoms with Crippen molar-refractivity contribution in [2.45, 2.75) is 0 Å². The van der Waals surface area contributed by atoms with Crippen molar-refractivity contribution in [2.75, 3.05) is 21.0 Å². The highest BCUT2D eigenvalue weighted by atomic mass is 16.7. The lowest BCUT2D eigenvalue weighted by Crippen LogP contribution is -2.11. The average molecular weight is 368 g/mol. The molecule has 0 atom stereocenters. The van der Waals surface area contributed by atoms with Gasteiger partial charge in [-0.1, -0.05) is 35.5 Å². The maximum atomic E-state index is 12.0. The molecule has 0 radical (unpaired) electrons. The predicted octanol–water partition coefficient (Wildman–Crippen LogP) is 2.85. The number of amides is 1. The molecule has 0 spiro atoms. The molecule has 2 N–H and O–H groups in total. The van der Waals surface area contributed by atoms with Gasteiger partial charge in [0.1, 0.15) is 5.69 Å². The summed E-state index contributed by atoms with van der Waals surface area (Å²) < 4.78 is 27.3. The molecule has 0 saturated heterocycles. The molecule has 0 unspecified atom stereocenters. The lowest BCUT2D eigenvalue weighted by Gasteiger charge is -2.14. The summed E-state index contributed by atoms with van der Waals surface area (Å²) in [5.41, 5.74) is 7.60. The van der Waals surface area contributed by atoms with Crippen LogP contribution in [-0.2, 0) is 0 Å². The van der Waals surface area contributed by atoms with E-state index in [1.807, 2.05) is 30.3 Å². The van der Waals surface area contributed by atoms with Crippen molar-refractivity contribution in [3.8, 4) is 45.4 Å². The Labute approximate surface area is 154 Å². The molecule has 0 bridgehead atoms. The first kappa shape index (κ1) is 16.8. The van der Waals surface area contributed by atoms with Crippen LogP contribution in [0.1, 0.15) is 10.6 Å². The zero-order valence-electron chi connectivity index (χ0n) is 14.6. The summed E-state index contributed by atoms with van der Waals surface area (Å²) in [6, 6.07) is 11.0. The maximum Gasteiger partial charge on any atom is 0.288 e. The highest BCUT2D eigenvalue weighted by molar-refractivity contribution is 6.02. The van der Waals surface area contributed by atoms with Gasteiger partial charge in [0, 0.05) is 11.1 Å². The Morgan fingerprint density at radius 2 is 1.85 bits per heavy atom. The molecule has 0 saturated carbocycles. The van der Waals surface area contributed by atoms with Crippen LogP contribution >= 0.6 is 0 Å². The second-order valence-electron chi connectivity index (χ2n) is 5.69. The smallest absolute Gasteiger partial charge is 0.288 e. The van der Waals surface area contributed by atoms with E-state index in [-0.39, 0.29) is 12.6 Å². The number of carbonyl (C=O) groups is 1. The van der Waals surface area contributed by atoms with E-state index in [2.05, 4.69) is 5.16 Å². The van der Waals surface area contributed by atoms with Crippen molar-refractivity contribution >= 4 is 5.91 Å². The molecule has 0 fully saturated rings. The van der Waals surface area contributed by atoms with Crippen molar-refractivity contribution in [2.24, 2.45) is 5.73 Å². The zero-order chi connectivity index (χ0) is 19.0. The molecule has 2 aromatic carbocycles. The van der Waals surface area contributed by atoms with E-state index in [1.165, 1.54) is 14.2 Å². The summed E-state index contributed by atoms with van der Waals surface area (Å²) in [5.74, 6) is 0.755. The fraction of sp³-hybridized carbons (Fsp3) is 0.158. The van der Waals surface area contributed by atoms with Crippen LogP contribution in [0, 0.1) is 0 Å². The van der Waals surface area contributed by atoms with Crippen LogP contribution in [-0.4, -0.2) is 32.1 Å². The van der Waals surface area contributed by atoms with Crippen molar-refractivity contribution < 1.29 is 28.3 Å². The summed E-state index contributed by atoms with van der Waals surface area (Å²) in [6.45, 7) is 0.0311. The summed E-state index contributed by atoms with van der Waals surface area (Å²) in [6.07, 6.45) is 0. The largest absolute Gasteiger partial charge is 0.493 e. The molecular formula is C19H16N2O6. The normalized spacial score (nSPS) is 12.1. The maximum absolute atomic E-state index is 12.0. The average Bonchev–Trinajstić information content (AvgIpc) is 3.34. The Balaban J connectivity index is 2.04.